The van der Waals surface area contributed by atoms with Gasteiger partial charge in [-0.25, -0.2) is 4.39 Å². The third kappa shape index (κ3) is 2.73. The fourth-order valence-electron chi connectivity index (χ4n) is 1.82. The van der Waals surface area contributed by atoms with E-state index < -0.39 is 0 Å². The lowest BCUT2D eigenvalue weighted by molar-refractivity contribution is 0.270. The van der Waals surface area contributed by atoms with Gasteiger partial charge in [0, 0.05) is 11.5 Å². The molecule has 0 aromatic heterocycles. The van der Waals surface area contributed by atoms with Crippen LogP contribution in [-0.4, -0.2) is 11.7 Å². The van der Waals surface area contributed by atoms with Gasteiger partial charge >= 0.3 is 0 Å². The molecule has 1 atom stereocenters. The van der Waals surface area contributed by atoms with E-state index in [2.05, 4.69) is 0 Å². The molecule has 1 aliphatic carbocycles. The molecular weight excluding hydrogens is 229 g/mol. The first-order chi connectivity index (χ1) is 8.72. The van der Waals surface area contributed by atoms with Gasteiger partial charge in [0.05, 0.1) is 12.7 Å². The predicted octanol–water partition coefficient (Wildman–Crippen LogP) is 2.84. The second-order valence-corrected chi connectivity index (χ2v) is 4.05. The van der Waals surface area contributed by atoms with Crippen LogP contribution in [0.1, 0.15) is 5.56 Å². The molecule has 0 amide bonds. The van der Waals surface area contributed by atoms with Gasteiger partial charge in [0.1, 0.15) is 5.82 Å². The molecule has 0 fully saturated rings. The van der Waals surface area contributed by atoms with Crippen LogP contribution < -0.4 is 0 Å². The van der Waals surface area contributed by atoms with E-state index in [1.165, 1.54) is 12.1 Å². The second-order valence-electron chi connectivity index (χ2n) is 4.05. The van der Waals surface area contributed by atoms with Gasteiger partial charge in [0.15, 0.2) is 0 Å². The number of aliphatic hydroxyl groups excluding tert-OH is 1. The van der Waals surface area contributed by atoms with E-state index in [0.717, 1.165) is 11.1 Å². The Morgan fingerprint density at radius 3 is 2.61 bits per heavy atom. The smallest absolute Gasteiger partial charge is 0.123 e. The second kappa shape index (κ2) is 5.44. The summed E-state index contributed by atoms with van der Waals surface area (Å²) in [7, 11) is 0. The Morgan fingerprint density at radius 2 is 2.00 bits per heavy atom. The Morgan fingerprint density at radius 1 is 1.28 bits per heavy atom. The van der Waals surface area contributed by atoms with Crippen molar-refractivity contribution in [3.63, 3.8) is 0 Å². The fraction of sp³-hybridized carbons (Fsp3) is 0.133. The number of halogens is 1. The first kappa shape index (κ1) is 12.3. The number of benzene rings is 1. The molecule has 0 spiro atoms. The van der Waals surface area contributed by atoms with Crippen molar-refractivity contribution < 1.29 is 9.50 Å². The SMILES string of the molecule is N#CC1=CC(CO)C(=Cc2ccc(F)cc2)C=C1. The zero-order valence-electron chi connectivity index (χ0n) is 9.68. The molecule has 3 heteroatoms. The molecule has 0 saturated heterocycles. The van der Waals surface area contributed by atoms with Crippen LogP contribution in [0.15, 0.2) is 53.6 Å². The molecule has 1 aromatic carbocycles. The number of nitriles is 1. The summed E-state index contributed by atoms with van der Waals surface area (Å²) >= 11 is 0. The summed E-state index contributed by atoms with van der Waals surface area (Å²) in [6.45, 7) is -0.0530. The highest BCUT2D eigenvalue weighted by Gasteiger charge is 2.13. The van der Waals surface area contributed by atoms with E-state index in [9.17, 15) is 9.50 Å². The Labute approximate surface area is 105 Å². The molecule has 1 aliphatic rings. The lowest BCUT2D eigenvalue weighted by Gasteiger charge is -2.15. The van der Waals surface area contributed by atoms with Gasteiger partial charge in [-0.1, -0.05) is 30.4 Å². The highest BCUT2D eigenvalue weighted by molar-refractivity contribution is 5.60. The molecule has 2 nitrogen and oxygen atoms in total. The summed E-state index contributed by atoms with van der Waals surface area (Å²) in [5, 5.41) is 18.1. The van der Waals surface area contributed by atoms with Crippen LogP contribution in [0.5, 0.6) is 0 Å². The molecule has 0 saturated carbocycles. The molecule has 90 valence electrons. The molecule has 1 aromatic rings. The van der Waals surface area contributed by atoms with Crippen molar-refractivity contribution >= 4 is 6.08 Å². The topological polar surface area (TPSA) is 44.0 Å². The summed E-state index contributed by atoms with van der Waals surface area (Å²) < 4.78 is 12.8. The minimum absolute atomic E-state index is 0.0530. The summed E-state index contributed by atoms with van der Waals surface area (Å²) in [5.74, 6) is -0.462. The maximum atomic E-state index is 12.8. The van der Waals surface area contributed by atoms with Gasteiger partial charge in [0.2, 0.25) is 0 Å². The average molecular weight is 241 g/mol. The quantitative estimate of drug-likeness (QED) is 0.865. The number of hydrogen-bond acceptors (Lipinski definition) is 2. The van der Waals surface area contributed by atoms with Crippen molar-refractivity contribution in [2.75, 3.05) is 6.61 Å². The summed E-state index contributed by atoms with van der Waals surface area (Å²) in [4.78, 5) is 0. The van der Waals surface area contributed by atoms with E-state index in [1.54, 1.807) is 24.3 Å². The third-order valence-electron chi connectivity index (χ3n) is 2.79. The predicted molar refractivity (Wildman–Crippen MR) is 67.8 cm³/mol. The molecule has 0 aliphatic heterocycles. The zero-order chi connectivity index (χ0) is 13.0. The number of rotatable bonds is 2. The average Bonchev–Trinajstić information content (AvgIpc) is 2.41. The Kier molecular flexibility index (Phi) is 3.71. The molecule has 2 rings (SSSR count). The van der Waals surface area contributed by atoms with E-state index >= 15 is 0 Å². The molecular formula is C15H12FNO. The van der Waals surface area contributed by atoms with Crippen molar-refractivity contribution in [3.05, 3.63) is 65.0 Å². The molecule has 0 heterocycles. The van der Waals surface area contributed by atoms with Crippen LogP contribution in [0.2, 0.25) is 0 Å². The van der Waals surface area contributed by atoms with Crippen molar-refractivity contribution in [3.8, 4) is 6.07 Å². The van der Waals surface area contributed by atoms with Crippen LogP contribution in [0, 0.1) is 23.1 Å². The zero-order valence-corrected chi connectivity index (χ0v) is 9.68. The molecule has 0 radical (unpaired) electrons. The normalized spacial score (nSPS) is 20.6. The van der Waals surface area contributed by atoms with Crippen molar-refractivity contribution in [2.45, 2.75) is 0 Å². The number of aliphatic hydroxyl groups is 1. The van der Waals surface area contributed by atoms with Crippen LogP contribution in [-0.2, 0) is 0 Å². The summed E-state index contributed by atoms with van der Waals surface area (Å²) in [6, 6.07) is 8.18. The first-order valence-corrected chi connectivity index (χ1v) is 5.61. The monoisotopic (exact) mass is 241 g/mol. The van der Waals surface area contributed by atoms with Gasteiger partial charge in [-0.2, -0.15) is 5.26 Å². The van der Waals surface area contributed by atoms with E-state index in [1.807, 2.05) is 18.2 Å². The van der Waals surface area contributed by atoms with E-state index in [4.69, 9.17) is 5.26 Å². The van der Waals surface area contributed by atoms with E-state index in [0.29, 0.717) is 5.57 Å². The highest BCUT2D eigenvalue weighted by Crippen LogP contribution is 2.24. The van der Waals surface area contributed by atoms with Crippen molar-refractivity contribution in [1.82, 2.24) is 0 Å². The Balaban J connectivity index is 2.29. The van der Waals surface area contributed by atoms with Gasteiger partial charge in [-0.15, -0.1) is 0 Å². The minimum Gasteiger partial charge on any atom is -0.395 e. The van der Waals surface area contributed by atoms with Gasteiger partial charge in [-0.05, 0) is 29.3 Å². The molecule has 1 unspecified atom stereocenters. The van der Waals surface area contributed by atoms with Gasteiger partial charge < -0.3 is 5.11 Å². The largest absolute Gasteiger partial charge is 0.395 e. The fourth-order valence-corrected chi connectivity index (χ4v) is 1.82. The maximum Gasteiger partial charge on any atom is 0.123 e. The van der Waals surface area contributed by atoms with Crippen LogP contribution >= 0.6 is 0 Å². The summed E-state index contributed by atoms with van der Waals surface area (Å²) in [5.41, 5.74) is 2.32. The van der Waals surface area contributed by atoms with Crippen LogP contribution in [0.25, 0.3) is 6.08 Å². The van der Waals surface area contributed by atoms with Crippen LogP contribution in [0.4, 0.5) is 4.39 Å². The lowest BCUT2D eigenvalue weighted by Crippen LogP contribution is -2.08. The Bertz CT molecular complexity index is 561. The van der Waals surface area contributed by atoms with Gasteiger partial charge in [0.25, 0.3) is 0 Å². The van der Waals surface area contributed by atoms with Gasteiger partial charge in [-0.3, -0.25) is 0 Å². The van der Waals surface area contributed by atoms with E-state index in [-0.39, 0.29) is 18.3 Å². The van der Waals surface area contributed by atoms with Crippen molar-refractivity contribution in [1.29, 1.82) is 5.26 Å². The van der Waals surface area contributed by atoms with Crippen molar-refractivity contribution in [2.24, 2.45) is 5.92 Å². The summed E-state index contributed by atoms with van der Waals surface area (Å²) in [6.07, 6.45) is 7.13. The number of nitrogens with zero attached hydrogens (tertiary/aromatic N) is 1. The lowest BCUT2D eigenvalue weighted by atomic mass is 9.90. The number of allylic oxidation sites excluding steroid dienone is 3. The maximum absolute atomic E-state index is 12.8. The van der Waals surface area contributed by atoms with Crippen LogP contribution in [0.3, 0.4) is 0 Å². The molecule has 1 N–H and O–H groups in total. The highest BCUT2D eigenvalue weighted by atomic mass is 19.1. The minimum atomic E-state index is -0.276. The standard InChI is InChI=1S/C15H12FNO/c16-15-5-2-11(3-6-15)7-13-4-1-12(9-17)8-14(13)10-18/h1-8,14,18H,10H2. The number of hydrogen-bond donors (Lipinski definition) is 1. The third-order valence-corrected chi connectivity index (χ3v) is 2.79. The first-order valence-electron chi connectivity index (χ1n) is 5.61. The molecule has 18 heavy (non-hydrogen) atoms. The molecule has 0 bridgehead atoms. The Hall–Kier alpha value is -2.18.